The zero-order valence-electron chi connectivity index (χ0n) is 10.6. The van der Waals surface area contributed by atoms with Crippen LogP contribution in [0.15, 0.2) is 24.5 Å². The van der Waals surface area contributed by atoms with E-state index in [0.29, 0.717) is 13.2 Å². The lowest BCUT2D eigenvalue weighted by molar-refractivity contribution is 0.318. The fraction of sp³-hybridized carbons (Fsp3) is 0.385. The van der Waals surface area contributed by atoms with Crippen LogP contribution in [0.3, 0.4) is 0 Å². The van der Waals surface area contributed by atoms with E-state index < -0.39 is 0 Å². The van der Waals surface area contributed by atoms with Gasteiger partial charge in [0.15, 0.2) is 11.6 Å². The first-order valence-corrected chi connectivity index (χ1v) is 6.84. The van der Waals surface area contributed by atoms with Gasteiger partial charge in [-0.05, 0) is 25.5 Å². The summed E-state index contributed by atoms with van der Waals surface area (Å²) in [5.41, 5.74) is 0. The van der Waals surface area contributed by atoms with Crippen molar-refractivity contribution in [3.05, 3.63) is 34.4 Å². The van der Waals surface area contributed by atoms with E-state index in [0.717, 1.165) is 23.0 Å². The van der Waals surface area contributed by atoms with Crippen molar-refractivity contribution in [3.8, 4) is 5.75 Å². The molecule has 4 nitrogen and oxygen atoms in total. The van der Waals surface area contributed by atoms with Crippen LogP contribution in [0.4, 0.5) is 5.82 Å². The van der Waals surface area contributed by atoms with E-state index in [2.05, 4.69) is 29.1 Å². The normalized spacial score (nSPS) is 10.3. The lowest BCUT2D eigenvalue weighted by Crippen LogP contribution is -2.04. The van der Waals surface area contributed by atoms with E-state index in [1.807, 2.05) is 18.3 Å². The predicted octanol–water partition coefficient (Wildman–Crippen LogP) is 3.25. The van der Waals surface area contributed by atoms with Crippen molar-refractivity contribution in [1.29, 1.82) is 0 Å². The van der Waals surface area contributed by atoms with Gasteiger partial charge in [-0.3, -0.25) is 0 Å². The Kier molecular flexibility index (Phi) is 4.52. The molecule has 0 unspecified atom stereocenters. The smallest absolute Gasteiger partial charge is 0.169 e. The van der Waals surface area contributed by atoms with Gasteiger partial charge in [-0.1, -0.05) is 6.92 Å². The summed E-state index contributed by atoms with van der Waals surface area (Å²) < 4.78 is 5.64. The number of nitrogens with zero attached hydrogens (tertiary/aromatic N) is 2. The minimum Gasteiger partial charge on any atom is -0.490 e. The highest BCUT2D eigenvalue weighted by molar-refractivity contribution is 7.11. The number of thiazole rings is 1. The van der Waals surface area contributed by atoms with Crippen LogP contribution in [0.25, 0.3) is 0 Å². The number of aromatic nitrogens is 2. The molecule has 2 rings (SSSR count). The number of nitrogens with one attached hydrogen (secondary N) is 1. The molecule has 2 aromatic rings. The van der Waals surface area contributed by atoms with Gasteiger partial charge in [0.25, 0.3) is 0 Å². The highest BCUT2D eigenvalue weighted by atomic mass is 32.1. The van der Waals surface area contributed by atoms with Gasteiger partial charge in [0.1, 0.15) is 5.01 Å². The summed E-state index contributed by atoms with van der Waals surface area (Å²) in [7, 11) is 0. The second kappa shape index (κ2) is 6.35. The second-order valence-corrected chi connectivity index (χ2v) is 5.24. The van der Waals surface area contributed by atoms with Crippen LogP contribution < -0.4 is 10.1 Å². The highest BCUT2D eigenvalue weighted by Gasteiger charge is 2.05. The summed E-state index contributed by atoms with van der Waals surface area (Å²) in [6.45, 7) is 5.52. The van der Waals surface area contributed by atoms with Crippen molar-refractivity contribution in [1.82, 2.24) is 9.97 Å². The van der Waals surface area contributed by atoms with Gasteiger partial charge < -0.3 is 10.1 Å². The number of anilines is 1. The van der Waals surface area contributed by atoms with Gasteiger partial charge in [-0.15, -0.1) is 11.3 Å². The molecule has 18 heavy (non-hydrogen) atoms. The maximum absolute atomic E-state index is 5.64. The number of ether oxygens (including phenoxy) is 1. The first-order chi connectivity index (χ1) is 8.79. The SMILES string of the molecule is CCCOc1cccnc1NCc1ncc(C)s1. The summed E-state index contributed by atoms with van der Waals surface area (Å²) >= 11 is 1.69. The Balaban J connectivity index is 1.99. The van der Waals surface area contributed by atoms with Crippen molar-refractivity contribution in [3.63, 3.8) is 0 Å². The van der Waals surface area contributed by atoms with Gasteiger partial charge in [0.2, 0.25) is 0 Å². The van der Waals surface area contributed by atoms with Crippen LogP contribution in [-0.2, 0) is 6.54 Å². The first-order valence-electron chi connectivity index (χ1n) is 6.02. The van der Waals surface area contributed by atoms with Crippen molar-refractivity contribution < 1.29 is 4.74 Å². The Morgan fingerprint density at radius 1 is 1.39 bits per heavy atom. The largest absolute Gasteiger partial charge is 0.490 e. The number of rotatable bonds is 6. The van der Waals surface area contributed by atoms with E-state index in [1.165, 1.54) is 4.88 Å². The molecule has 0 saturated heterocycles. The van der Waals surface area contributed by atoms with Crippen LogP contribution in [-0.4, -0.2) is 16.6 Å². The zero-order chi connectivity index (χ0) is 12.8. The van der Waals surface area contributed by atoms with Crippen LogP contribution in [0, 0.1) is 6.92 Å². The van der Waals surface area contributed by atoms with Crippen molar-refractivity contribution in [2.45, 2.75) is 26.8 Å². The second-order valence-electron chi connectivity index (χ2n) is 3.92. The van der Waals surface area contributed by atoms with Crippen molar-refractivity contribution in [2.24, 2.45) is 0 Å². The molecule has 0 amide bonds. The molecule has 0 aliphatic carbocycles. The summed E-state index contributed by atoms with van der Waals surface area (Å²) in [6.07, 6.45) is 4.63. The number of hydrogen-bond acceptors (Lipinski definition) is 5. The number of hydrogen-bond donors (Lipinski definition) is 1. The fourth-order valence-corrected chi connectivity index (χ4v) is 2.22. The van der Waals surface area contributed by atoms with Gasteiger partial charge in [0, 0.05) is 17.3 Å². The van der Waals surface area contributed by atoms with E-state index >= 15 is 0 Å². The molecule has 2 heterocycles. The molecule has 1 N–H and O–H groups in total. The Labute approximate surface area is 111 Å². The average molecular weight is 263 g/mol. The number of aryl methyl sites for hydroxylation is 1. The minimum absolute atomic E-state index is 0.679. The van der Waals surface area contributed by atoms with Crippen molar-refractivity contribution >= 4 is 17.2 Å². The molecule has 0 aliphatic rings. The molecule has 0 spiro atoms. The molecule has 2 aromatic heterocycles. The van der Waals surface area contributed by atoms with Gasteiger partial charge in [-0.25, -0.2) is 9.97 Å². The molecule has 0 atom stereocenters. The standard InChI is InChI=1S/C13H17N3OS/c1-3-7-17-11-5-4-6-14-13(11)16-9-12-15-8-10(2)18-12/h4-6,8H,3,7,9H2,1-2H3,(H,14,16). The lowest BCUT2D eigenvalue weighted by atomic mass is 10.4. The number of pyridine rings is 1. The molecular weight excluding hydrogens is 246 g/mol. The third-order valence-corrected chi connectivity index (χ3v) is 3.22. The Morgan fingerprint density at radius 3 is 3.00 bits per heavy atom. The third kappa shape index (κ3) is 3.43. The Bertz CT molecular complexity index is 498. The molecule has 0 aromatic carbocycles. The van der Waals surface area contributed by atoms with Gasteiger partial charge in [-0.2, -0.15) is 0 Å². The molecule has 0 saturated carbocycles. The van der Waals surface area contributed by atoms with Crippen LogP contribution >= 0.6 is 11.3 Å². The van der Waals surface area contributed by atoms with Crippen molar-refractivity contribution in [2.75, 3.05) is 11.9 Å². The monoisotopic (exact) mass is 263 g/mol. The summed E-state index contributed by atoms with van der Waals surface area (Å²) in [6, 6.07) is 3.81. The van der Waals surface area contributed by atoms with E-state index in [4.69, 9.17) is 4.74 Å². The maximum atomic E-state index is 5.64. The molecule has 0 aliphatic heterocycles. The molecule has 0 bridgehead atoms. The quantitative estimate of drug-likeness (QED) is 0.869. The summed E-state index contributed by atoms with van der Waals surface area (Å²) in [5, 5.41) is 4.32. The maximum Gasteiger partial charge on any atom is 0.169 e. The lowest BCUT2D eigenvalue weighted by Gasteiger charge is -2.10. The zero-order valence-corrected chi connectivity index (χ0v) is 11.5. The molecule has 96 valence electrons. The third-order valence-electron chi connectivity index (χ3n) is 2.31. The molecule has 5 heteroatoms. The van der Waals surface area contributed by atoms with Crippen LogP contribution in [0.1, 0.15) is 23.2 Å². The average Bonchev–Trinajstić information content (AvgIpc) is 2.81. The topological polar surface area (TPSA) is 47.0 Å². The summed E-state index contributed by atoms with van der Waals surface area (Å²) in [5.74, 6) is 1.58. The molecule has 0 radical (unpaired) electrons. The van der Waals surface area contributed by atoms with E-state index in [1.54, 1.807) is 17.5 Å². The van der Waals surface area contributed by atoms with Crippen LogP contribution in [0.2, 0.25) is 0 Å². The predicted molar refractivity (Wildman–Crippen MR) is 74.2 cm³/mol. The van der Waals surface area contributed by atoms with Gasteiger partial charge >= 0.3 is 0 Å². The highest BCUT2D eigenvalue weighted by Crippen LogP contribution is 2.22. The molecular formula is C13H17N3OS. The summed E-state index contributed by atoms with van der Waals surface area (Å²) in [4.78, 5) is 9.82. The minimum atomic E-state index is 0.679. The Morgan fingerprint density at radius 2 is 2.28 bits per heavy atom. The fourth-order valence-electron chi connectivity index (χ4n) is 1.49. The Hall–Kier alpha value is -1.62. The van der Waals surface area contributed by atoms with E-state index in [-0.39, 0.29) is 0 Å². The first kappa shape index (κ1) is 12.8. The van der Waals surface area contributed by atoms with Gasteiger partial charge in [0.05, 0.1) is 13.2 Å². The molecule has 0 fully saturated rings. The van der Waals surface area contributed by atoms with Crippen LogP contribution in [0.5, 0.6) is 5.75 Å². The van der Waals surface area contributed by atoms with E-state index in [9.17, 15) is 0 Å².